The Bertz CT molecular complexity index is 837. The number of thioether (sulfide) groups is 1. The van der Waals surface area contributed by atoms with Crippen LogP contribution in [0, 0.1) is 0 Å². The first kappa shape index (κ1) is 34.9. The van der Waals surface area contributed by atoms with E-state index in [-0.39, 0.29) is 11.8 Å². The Morgan fingerprint density at radius 3 is 1.59 bits per heavy atom. The van der Waals surface area contributed by atoms with Crippen LogP contribution in [0.4, 0.5) is 57.1 Å². The number of hydrogen-bond donors (Lipinski definition) is 2. The summed E-state index contributed by atoms with van der Waals surface area (Å²) in [7, 11) is 0. The Labute approximate surface area is 203 Å². The predicted octanol–water partition coefficient (Wildman–Crippen LogP) is 3.00. The molecule has 2 amide bonds. The van der Waals surface area contributed by atoms with Crippen LogP contribution in [0.15, 0.2) is 0 Å². The van der Waals surface area contributed by atoms with Crippen molar-refractivity contribution in [1.82, 2.24) is 10.6 Å². The van der Waals surface area contributed by atoms with Crippen LogP contribution in [-0.2, 0) is 14.4 Å². The molecule has 20 heteroatoms. The van der Waals surface area contributed by atoms with Gasteiger partial charge in [-0.1, -0.05) is 0 Å². The van der Waals surface area contributed by atoms with Crippen molar-refractivity contribution in [3.8, 4) is 0 Å². The van der Waals surface area contributed by atoms with E-state index in [0.717, 1.165) is 13.8 Å². The van der Waals surface area contributed by atoms with Crippen LogP contribution in [0.5, 0.6) is 0 Å². The fourth-order valence-corrected chi connectivity index (χ4v) is 3.14. The lowest BCUT2D eigenvalue weighted by molar-refractivity contribution is -0.439. The van der Waals surface area contributed by atoms with Gasteiger partial charge in [-0.25, -0.2) is 0 Å². The molecule has 0 radical (unpaired) electrons. The zero-order chi connectivity index (χ0) is 29.8. The molecule has 0 aromatic heterocycles. The van der Waals surface area contributed by atoms with E-state index in [9.17, 15) is 76.6 Å². The van der Waals surface area contributed by atoms with Crippen molar-refractivity contribution < 1.29 is 76.6 Å². The van der Waals surface area contributed by atoms with Gasteiger partial charge in [-0.2, -0.15) is 68.8 Å². The normalized spacial score (nSPS) is 15.6. The zero-order valence-electron chi connectivity index (χ0n) is 18.4. The Morgan fingerprint density at radius 1 is 0.703 bits per heavy atom. The summed E-state index contributed by atoms with van der Waals surface area (Å²) >= 11 is 0.181. The van der Waals surface area contributed by atoms with Crippen molar-refractivity contribution in [2.24, 2.45) is 0 Å². The van der Waals surface area contributed by atoms with Crippen molar-refractivity contribution in [2.75, 3.05) is 11.5 Å². The first-order chi connectivity index (χ1) is 16.3. The number of rotatable bonds is 14. The quantitative estimate of drug-likeness (QED) is 0.239. The summed E-state index contributed by atoms with van der Waals surface area (Å²) < 4.78 is 169. The molecule has 37 heavy (non-hydrogen) atoms. The molecule has 218 valence electrons. The molecule has 0 aromatic rings. The second-order valence-electron chi connectivity index (χ2n) is 7.45. The van der Waals surface area contributed by atoms with Gasteiger partial charge >= 0.3 is 35.8 Å². The molecule has 2 atom stereocenters. The van der Waals surface area contributed by atoms with Gasteiger partial charge in [0.2, 0.25) is 11.8 Å². The van der Waals surface area contributed by atoms with Gasteiger partial charge in [0.1, 0.15) is 6.04 Å². The topological polar surface area (TPSA) is 98.3 Å². The monoisotopic (exact) mass is 593 g/mol. The molecule has 0 saturated carbocycles. The highest BCUT2D eigenvalue weighted by atomic mass is 32.2. The summed E-state index contributed by atoms with van der Waals surface area (Å²) in [4.78, 5) is 33.8. The minimum Gasteiger partial charge on any atom is -0.548 e. The maximum Gasteiger partial charge on any atom is 0.460 e. The Morgan fingerprint density at radius 2 is 1.16 bits per heavy atom. The molecule has 2 N–H and O–H groups in total. The van der Waals surface area contributed by atoms with Gasteiger partial charge in [0.15, 0.2) is 0 Å². The van der Waals surface area contributed by atoms with Gasteiger partial charge in [0, 0.05) is 18.6 Å². The maximum atomic E-state index is 13.6. The van der Waals surface area contributed by atoms with Crippen LogP contribution in [0.3, 0.4) is 0 Å². The number of carboxylic acid groups (broad SMARTS) is 1. The summed E-state index contributed by atoms with van der Waals surface area (Å²) in [5.74, 6) is -42.5. The van der Waals surface area contributed by atoms with E-state index >= 15 is 0 Å². The third kappa shape index (κ3) is 7.46. The molecule has 2 unspecified atom stereocenters. The smallest absolute Gasteiger partial charge is 0.460 e. The van der Waals surface area contributed by atoms with Crippen LogP contribution in [0.2, 0.25) is 0 Å². The largest absolute Gasteiger partial charge is 0.548 e. The average molecular weight is 593 g/mol. The number of carboxylic acids is 1. The number of halogens is 13. The van der Waals surface area contributed by atoms with Crippen LogP contribution >= 0.6 is 11.8 Å². The first-order valence-electron chi connectivity index (χ1n) is 9.62. The summed E-state index contributed by atoms with van der Waals surface area (Å²) in [5.41, 5.74) is 0. The Kier molecular flexibility index (Phi) is 11.0. The van der Waals surface area contributed by atoms with Crippen molar-refractivity contribution in [1.29, 1.82) is 0 Å². The average Bonchev–Trinajstić information content (AvgIpc) is 2.71. The second-order valence-corrected chi connectivity index (χ2v) is 8.68. The molecule has 0 aliphatic heterocycles. The number of carbonyl (C=O) groups excluding carboxylic acids is 3. The Hall–Kier alpha value is -2.15. The highest BCUT2D eigenvalue weighted by molar-refractivity contribution is 7.99. The van der Waals surface area contributed by atoms with E-state index in [1.54, 1.807) is 0 Å². The zero-order valence-corrected chi connectivity index (χ0v) is 19.3. The van der Waals surface area contributed by atoms with Crippen LogP contribution in [0.1, 0.15) is 26.7 Å². The highest BCUT2D eigenvalue weighted by Crippen LogP contribution is 2.60. The van der Waals surface area contributed by atoms with Gasteiger partial charge in [0.25, 0.3) is 0 Å². The molecule has 0 aliphatic rings. The third-order valence-corrected chi connectivity index (χ3v) is 5.50. The Balaban J connectivity index is 5.04. The fourth-order valence-electron chi connectivity index (χ4n) is 2.20. The van der Waals surface area contributed by atoms with E-state index in [4.69, 9.17) is 0 Å². The van der Waals surface area contributed by atoms with E-state index in [0.29, 0.717) is 0 Å². The number of aliphatic carboxylic acids is 1. The summed E-state index contributed by atoms with van der Waals surface area (Å²) in [6.07, 6.45) is -10.5. The summed E-state index contributed by atoms with van der Waals surface area (Å²) in [5, 5.41) is 14.5. The number of alkyl halides is 13. The van der Waals surface area contributed by atoms with Gasteiger partial charge in [0.05, 0.1) is 12.0 Å². The maximum absolute atomic E-state index is 13.6. The van der Waals surface area contributed by atoms with E-state index in [2.05, 4.69) is 0 Å². The lowest BCUT2D eigenvalue weighted by atomic mass is 9.93. The number of hydrogen-bond acceptors (Lipinski definition) is 5. The molecule has 0 aliphatic carbocycles. The number of carbonyl (C=O) groups is 3. The van der Waals surface area contributed by atoms with Crippen molar-refractivity contribution in [2.45, 2.75) is 74.6 Å². The third-order valence-electron chi connectivity index (χ3n) is 4.52. The van der Waals surface area contributed by atoms with Crippen LogP contribution in [-0.4, -0.2) is 77.2 Å². The lowest BCUT2D eigenvalue weighted by Crippen LogP contribution is -2.70. The number of nitrogens with one attached hydrogen (secondary N) is 2. The summed E-state index contributed by atoms with van der Waals surface area (Å²) in [6.45, 7) is 2.14. The van der Waals surface area contributed by atoms with Crippen LogP contribution in [0.25, 0.3) is 0 Å². The predicted molar refractivity (Wildman–Crippen MR) is 97.6 cm³/mol. The molecule has 0 spiro atoms. The number of amides is 2. The van der Waals surface area contributed by atoms with Gasteiger partial charge < -0.3 is 20.5 Å². The molecular weight excluding hydrogens is 575 g/mol. The highest BCUT2D eigenvalue weighted by Gasteiger charge is 2.90. The second kappa shape index (κ2) is 11.7. The molecule has 0 heterocycles. The lowest BCUT2D eigenvalue weighted by Gasteiger charge is -2.39. The van der Waals surface area contributed by atoms with Gasteiger partial charge in [-0.05, 0) is 19.6 Å². The molecule has 0 saturated heterocycles. The minimum atomic E-state index is -7.96. The molecule has 0 bridgehead atoms. The van der Waals surface area contributed by atoms with Crippen molar-refractivity contribution in [3.05, 3.63) is 0 Å². The van der Waals surface area contributed by atoms with Gasteiger partial charge in [-0.3, -0.25) is 9.59 Å². The SMILES string of the molecule is CC(NC(=O)C(C)NC(=O)CCSCCC(F)(F)C(F)(F)C(F)(F)C(F)(F)C(F)(F)C(F)(F)F)C(=O)[O-]. The molecular formula is C17H18F13N2O4S-. The van der Waals surface area contributed by atoms with E-state index in [1.807, 2.05) is 10.6 Å². The van der Waals surface area contributed by atoms with Crippen molar-refractivity contribution >= 4 is 29.5 Å². The van der Waals surface area contributed by atoms with Crippen LogP contribution < -0.4 is 15.7 Å². The van der Waals surface area contributed by atoms with E-state index in [1.165, 1.54) is 0 Å². The van der Waals surface area contributed by atoms with Gasteiger partial charge in [-0.15, -0.1) is 0 Å². The molecule has 0 aromatic carbocycles. The standard InChI is InChI=1S/C17H19F13N2O4S/c1-7(10(34)32-8(2)11(35)36)31-9(33)3-5-37-6-4-12(18,19)13(20,21)14(22,23)15(24,25)16(26,27)17(28,29)30/h7-8H,3-6H2,1-2H3,(H,31,33)(H,32,34)(H,35,36)/p-1. The molecule has 0 fully saturated rings. The minimum absolute atomic E-state index is 0.181. The summed E-state index contributed by atoms with van der Waals surface area (Å²) in [6, 6.07) is -2.75. The van der Waals surface area contributed by atoms with E-state index < -0.39 is 90.0 Å². The van der Waals surface area contributed by atoms with Crippen molar-refractivity contribution in [3.63, 3.8) is 0 Å². The molecule has 6 nitrogen and oxygen atoms in total. The first-order valence-corrected chi connectivity index (χ1v) is 10.8. The molecule has 0 rings (SSSR count). The fraction of sp³-hybridized carbons (Fsp3) is 0.824.